The number of β-amino-alcohol motifs (C(OH)–C–C–N with tert-alkyl or cyclic N) is 1. The molecule has 0 aromatic rings. The number of amides is 3. The third-order valence-electron chi connectivity index (χ3n) is 7.58. The highest BCUT2D eigenvalue weighted by Crippen LogP contribution is 2.68. The fourth-order valence-corrected chi connectivity index (χ4v) is 8.55. The van der Waals surface area contributed by atoms with Gasteiger partial charge < -0.3 is 19.8 Å². The number of thioether (sulfide) groups is 1. The maximum Gasteiger partial charge on any atom is 0.247 e. The molecule has 2 bridgehead atoms. The first kappa shape index (κ1) is 25.8. The molecule has 3 aliphatic rings. The Labute approximate surface area is 202 Å². The number of nitrogens with zero attached hydrogens (tertiary/aromatic N) is 3. The Morgan fingerprint density at radius 3 is 2.55 bits per heavy atom. The lowest BCUT2D eigenvalue weighted by molar-refractivity contribution is -0.144. The summed E-state index contributed by atoms with van der Waals surface area (Å²) in [6.45, 7) is 13.1. The van der Waals surface area contributed by atoms with E-state index in [4.69, 9.17) is 0 Å². The highest BCUT2D eigenvalue weighted by molar-refractivity contribution is 8.02. The number of fused-ring (bicyclic) bond motifs is 1. The molecular formula is C25H39N3O4S. The van der Waals surface area contributed by atoms with Crippen molar-refractivity contribution >= 4 is 29.5 Å². The second-order valence-electron chi connectivity index (χ2n) is 9.60. The van der Waals surface area contributed by atoms with Gasteiger partial charge in [-0.15, -0.1) is 24.9 Å². The van der Waals surface area contributed by atoms with Crippen LogP contribution in [0.1, 0.15) is 39.5 Å². The second kappa shape index (κ2) is 10.6. The molecule has 3 aliphatic heterocycles. The Bertz CT molecular complexity index is 790. The van der Waals surface area contributed by atoms with Crippen LogP contribution >= 0.6 is 11.8 Å². The van der Waals surface area contributed by atoms with Crippen molar-refractivity contribution in [3.63, 3.8) is 0 Å². The third kappa shape index (κ3) is 4.25. The molecular weight excluding hydrogens is 438 g/mol. The van der Waals surface area contributed by atoms with Crippen LogP contribution in [0.3, 0.4) is 0 Å². The predicted molar refractivity (Wildman–Crippen MR) is 132 cm³/mol. The van der Waals surface area contributed by atoms with Crippen LogP contribution in [0.2, 0.25) is 0 Å². The Morgan fingerprint density at radius 1 is 1.24 bits per heavy atom. The Morgan fingerprint density at radius 2 is 1.94 bits per heavy atom. The minimum atomic E-state index is -0.670. The zero-order valence-electron chi connectivity index (χ0n) is 20.2. The fraction of sp³-hybridized carbons (Fsp3) is 0.720. The Kier molecular flexibility index (Phi) is 8.32. The van der Waals surface area contributed by atoms with E-state index in [0.717, 1.165) is 25.7 Å². The number of likely N-dealkylation sites (N-methyl/N-ethyl adjacent to an activating group) is 1. The maximum atomic E-state index is 14.0. The van der Waals surface area contributed by atoms with Gasteiger partial charge in [0.1, 0.15) is 6.04 Å². The van der Waals surface area contributed by atoms with Crippen LogP contribution in [-0.4, -0.2) is 93.4 Å². The highest BCUT2D eigenvalue weighted by atomic mass is 32.2. The van der Waals surface area contributed by atoms with E-state index in [1.165, 1.54) is 0 Å². The molecule has 0 aromatic carbocycles. The number of aliphatic hydroxyl groups excluding tert-OH is 1. The molecule has 1 spiro atoms. The van der Waals surface area contributed by atoms with Crippen LogP contribution in [0.4, 0.5) is 0 Å². The van der Waals surface area contributed by atoms with E-state index in [1.807, 2.05) is 4.90 Å². The zero-order valence-corrected chi connectivity index (χ0v) is 21.1. The van der Waals surface area contributed by atoms with Gasteiger partial charge in [-0.3, -0.25) is 14.4 Å². The zero-order chi connectivity index (χ0) is 24.3. The molecule has 0 saturated carbocycles. The fourth-order valence-electron chi connectivity index (χ4n) is 6.14. The van der Waals surface area contributed by atoms with E-state index < -0.39 is 22.6 Å². The van der Waals surface area contributed by atoms with Gasteiger partial charge in [-0.05, 0) is 18.8 Å². The largest absolute Gasteiger partial charge is 0.395 e. The second-order valence-corrected chi connectivity index (χ2v) is 11.1. The number of carbonyl (C=O) groups excluding carboxylic acids is 3. The number of hydrogen-bond acceptors (Lipinski definition) is 5. The van der Waals surface area contributed by atoms with Crippen molar-refractivity contribution in [2.45, 2.75) is 55.6 Å². The van der Waals surface area contributed by atoms with Crippen molar-refractivity contribution < 1.29 is 19.5 Å². The minimum absolute atomic E-state index is 0.0215. The first-order valence-corrected chi connectivity index (χ1v) is 13.0. The lowest BCUT2D eigenvalue weighted by Crippen LogP contribution is -2.57. The SMILES string of the molecule is C=CCN(C)C(=O)[C@@H]1[C@@H]2CC(C)C3(S2)C(C(=O)N(CC=C)CCCCC)N(CCO)C(=O)[C@H]13. The molecule has 3 heterocycles. The lowest BCUT2D eigenvalue weighted by Gasteiger charge is -2.40. The summed E-state index contributed by atoms with van der Waals surface area (Å²) in [6, 6.07) is -0.670. The number of aliphatic hydroxyl groups is 1. The van der Waals surface area contributed by atoms with Gasteiger partial charge in [0.2, 0.25) is 17.7 Å². The Balaban J connectivity index is 2.00. The summed E-state index contributed by atoms with van der Waals surface area (Å²) >= 11 is 1.67. The van der Waals surface area contributed by atoms with E-state index in [1.54, 1.807) is 40.8 Å². The summed E-state index contributed by atoms with van der Waals surface area (Å²) in [6.07, 6.45) is 7.19. The van der Waals surface area contributed by atoms with Gasteiger partial charge in [-0.25, -0.2) is 0 Å². The molecule has 8 heteroatoms. The summed E-state index contributed by atoms with van der Waals surface area (Å²) in [5, 5.41) is 9.78. The molecule has 184 valence electrons. The van der Waals surface area contributed by atoms with Crippen LogP contribution in [0.5, 0.6) is 0 Å². The van der Waals surface area contributed by atoms with Crippen molar-refractivity contribution in [3.05, 3.63) is 25.3 Å². The van der Waals surface area contributed by atoms with E-state index >= 15 is 0 Å². The van der Waals surface area contributed by atoms with E-state index in [0.29, 0.717) is 19.6 Å². The van der Waals surface area contributed by atoms with E-state index in [2.05, 4.69) is 27.0 Å². The van der Waals surface area contributed by atoms with Gasteiger partial charge in [0, 0.05) is 38.5 Å². The van der Waals surface area contributed by atoms with Crippen molar-refractivity contribution in [1.82, 2.24) is 14.7 Å². The van der Waals surface area contributed by atoms with Gasteiger partial charge in [0.05, 0.1) is 23.2 Å². The van der Waals surface area contributed by atoms with Crippen molar-refractivity contribution in [1.29, 1.82) is 0 Å². The molecule has 3 rings (SSSR count). The summed E-state index contributed by atoms with van der Waals surface area (Å²) in [4.78, 5) is 46.2. The lowest BCUT2D eigenvalue weighted by atomic mass is 9.65. The number of likely N-dealkylation sites (tertiary alicyclic amines) is 1. The third-order valence-corrected chi connectivity index (χ3v) is 9.65. The monoisotopic (exact) mass is 477 g/mol. The smallest absolute Gasteiger partial charge is 0.247 e. The number of carbonyl (C=O) groups is 3. The standard InChI is InChI=1S/C25H39N3O4S/c1-6-9-10-13-27(12-8-3)24(32)21-25-17(4)16-18(33-25)19(22(30)26(5)11-7-2)20(25)23(31)28(21)14-15-29/h7-8,17-21,29H,2-3,6,9-16H2,1,4-5H3/t17?,18-,19+,20-,21?,25?/m0/s1. The van der Waals surface area contributed by atoms with Crippen LogP contribution in [0.25, 0.3) is 0 Å². The quantitative estimate of drug-likeness (QED) is 0.344. The molecule has 6 atom stereocenters. The predicted octanol–water partition coefficient (Wildman–Crippen LogP) is 2.17. The van der Waals surface area contributed by atoms with Crippen molar-refractivity contribution in [2.24, 2.45) is 17.8 Å². The summed E-state index contributed by atoms with van der Waals surface area (Å²) < 4.78 is -0.645. The normalized spacial score (nSPS) is 32.1. The van der Waals surface area contributed by atoms with Gasteiger partial charge in [0.25, 0.3) is 0 Å². The molecule has 0 aliphatic carbocycles. The first-order valence-electron chi connectivity index (χ1n) is 12.1. The topological polar surface area (TPSA) is 81.2 Å². The molecule has 3 amide bonds. The van der Waals surface area contributed by atoms with Crippen LogP contribution < -0.4 is 0 Å². The number of hydrogen-bond donors (Lipinski definition) is 1. The van der Waals surface area contributed by atoms with Crippen LogP contribution in [0.15, 0.2) is 25.3 Å². The van der Waals surface area contributed by atoms with E-state index in [9.17, 15) is 19.5 Å². The average molecular weight is 478 g/mol. The maximum absolute atomic E-state index is 14.0. The molecule has 0 aromatic heterocycles. The molecule has 3 saturated heterocycles. The minimum Gasteiger partial charge on any atom is -0.395 e. The molecule has 7 nitrogen and oxygen atoms in total. The summed E-state index contributed by atoms with van der Waals surface area (Å²) in [5.41, 5.74) is 0. The molecule has 3 fully saturated rings. The number of rotatable bonds is 12. The average Bonchev–Trinajstić information content (AvgIpc) is 3.37. The van der Waals surface area contributed by atoms with E-state index in [-0.39, 0.29) is 42.0 Å². The first-order chi connectivity index (χ1) is 15.8. The summed E-state index contributed by atoms with van der Waals surface area (Å²) in [5.74, 6) is -1.17. The molecule has 3 unspecified atom stereocenters. The van der Waals surface area contributed by atoms with Crippen molar-refractivity contribution in [3.8, 4) is 0 Å². The van der Waals surface area contributed by atoms with Crippen LogP contribution in [0, 0.1) is 17.8 Å². The van der Waals surface area contributed by atoms with Gasteiger partial charge in [0.15, 0.2) is 0 Å². The molecule has 0 radical (unpaired) electrons. The van der Waals surface area contributed by atoms with Gasteiger partial charge in [-0.2, -0.15) is 0 Å². The highest BCUT2D eigenvalue weighted by Gasteiger charge is 2.76. The van der Waals surface area contributed by atoms with Crippen LogP contribution in [-0.2, 0) is 14.4 Å². The number of unbranched alkanes of at least 4 members (excludes halogenated alkanes) is 2. The van der Waals surface area contributed by atoms with Gasteiger partial charge >= 0.3 is 0 Å². The van der Waals surface area contributed by atoms with Crippen molar-refractivity contribution in [2.75, 3.05) is 39.8 Å². The summed E-state index contributed by atoms with van der Waals surface area (Å²) in [7, 11) is 1.74. The van der Waals surface area contributed by atoms with Gasteiger partial charge in [-0.1, -0.05) is 38.8 Å². The molecule has 33 heavy (non-hydrogen) atoms. The molecule has 1 N–H and O–H groups in total. The Hall–Kier alpha value is -1.80.